The van der Waals surface area contributed by atoms with Crippen LogP contribution in [-0.2, 0) is 4.74 Å². The molecule has 0 aliphatic carbocycles. The number of ether oxygens (including phenoxy) is 1. The van der Waals surface area contributed by atoms with Gasteiger partial charge in [0, 0.05) is 30.3 Å². The fourth-order valence-corrected chi connectivity index (χ4v) is 2.39. The maximum absolute atomic E-state index is 12.0. The molecule has 1 heterocycles. The van der Waals surface area contributed by atoms with Crippen molar-refractivity contribution in [1.82, 2.24) is 0 Å². The molecule has 98 valence electrons. The highest BCUT2D eigenvalue weighted by Crippen LogP contribution is 2.26. The average Bonchev–Trinajstić information content (AvgIpc) is 2.40. The third-order valence-electron chi connectivity index (χ3n) is 3.44. The van der Waals surface area contributed by atoms with Crippen LogP contribution in [0.3, 0.4) is 0 Å². The van der Waals surface area contributed by atoms with E-state index in [0.717, 1.165) is 24.4 Å². The van der Waals surface area contributed by atoms with Crippen LogP contribution < -0.4 is 4.90 Å². The fourth-order valence-electron chi connectivity index (χ4n) is 2.39. The van der Waals surface area contributed by atoms with Gasteiger partial charge < -0.3 is 9.64 Å². The van der Waals surface area contributed by atoms with Gasteiger partial charge >= 0.3 is 0 Å². The molecular formula is C15H21NO2. The molecule has 3 nitrogen and oxygen atoms in total. The van der Waals surface area contributed by atoms with Crippen molar-refractivity contribution in [3.05, 3.63) is 29.8 Å². The second-order valence-electron chi connectivity index (χ2n) is 4.94. The zero-order chi connectivity index (χ0) is 13.1. The summed E-state index contributed by atoms with van der Waals surface area (Å²) < 4.78 is 5.64. The first kappa shape index (κ1) is 13.1. The maximum Gasteiger partial charge on any atom is 0.164 e. The number of morpholine rings is 1. The van der Waals surface area contributed by atoms with Crippen molar-refractivity contribution in [2.45, 2.75) is 39.3 Å². The Hall–Kier alpha value is -1.35. The summed E-state index contributed by atoms with van der Waals surface area (Å²) in [6.07, 6.45) is 0.761. The molecule has 0 N–H and O–H groups in total. The van der Waals surface area contributed by atoms with Crippen molar-refractivity contribution >= 4 is 11.5 Å². The molecule has 3 heteroatoms. The quantitative estimate of drug-likeness (QED) is 0.769. The third kappa shape index (κ3) is 2.56. The SMILES string of the molecule is CCC(=O)c1ccccc1N1CC(C)OCC1C. The van der Waals surface area contributed by atoms with E-state index in [2.05, 4.69) is 18.7 Å². The third-order valence-corrected chi connectivity index (χ3v) is 3.44. The molecule has 2 unspecified atom stereocenters. The lowest BCUT2D eigenvalue weighted by Crippen LogP contribution is -2.47. The molecule has 1 aromatic rings. The molecular weight excluding hydrogens is 226 g/mol. The Morgan fingerprint density at radius 3 is 2.83 bits per heavy atom. The number of Topliss-reactive ketones (excluding diaryl/α,β-unsaturated/α-hetero) is 1. The summed E-state index contributed by atoms with van der Waals surface area (Å²) in [4.78, 5) is 14.3. The average molecular weight is 247 g/mol. The molecule has 1 aromatic carbocycles. The summed E-state index contributed by atoms with van der Waals surface area (Å²) in [6, 6.07) is 8.20. The first-order chi connectivity index (χ1) is 8.63. The summed E-state index contributed by atoms with van der Waals surface area (Å²) in [5.74, 6) is 0.206. The first-order valence-electron chi connectivity index (χ1n) is 6.64. The van der Waals surface area contributed by atoms with Crippen molar-refractivity contribution in [3.63, 3.8) is 0 Å². The fraction of sp³-hybridized carbons (Fsp3) is 0.533. The monoisotopic (exact) mass is 247 g/mol. The molecule has 1 fully saturated rings. The van der Waals surface area contributed by atoms with Gasteiger partial charge in [0.1, 0.15) is 0 Å². The van der Waals surface area contributed by atoms with Gasteiger partial charge in [0.25, 0.3) is 0 Å². The van der Waals surface area contributed by atoms with Gasteiger partial charge in [-0.1, -0.05) is 19.1 Å². The molecule has 0 aromatic heterocycles. The predicted molar refractivity (Wildman–Crippen MR) is 73.3 cm³/mol. The molecule has 1 aliphatic heterocycles. The minimum Gasteiger partial charge on any atom is -0.375 e. The van der Waals surface area contributed by atoms with Gasteiger partial charge in [-0.2, -0.15) is 0 Å². The smallest absolute Gasteiger partial charge is 0.164 e. The molecule has 1 aliphatic rings. The number of rotatable bonds is 3. The highest BCUT2D eigenvalue weighted by molar-refractivity contribution is 6.01. The van der Waals surface area contributed by atoms with Crippen LogP contribution in [0.25, 0.3) is 0 Å². The van der Waals surface area contributed by atoms with Gasteiger partial charge in [-0.25, -0.2) is 0 Å². The van der Waals surface area contributed by atoms with Crippen LogP contribution in [0.4, 0.5) is 5.69 Å². The van der Waals surface area contributed by atoms with E-state index in [1.165, 1.54) is 0 Å². The van der Waals surface area contributed by atoms with E-state index in [-0.39, 0.29) is 11.9 Å². The molecule has 2 rings (SSSR count). The zero-order valence-electron chi connectivity index (χ0n) is 11.3. The van der Waals surface area contributed by atoms with E-state index >= 15 is 0 Å². The van der Waals surface area contributed by atoms with E-state index in [9.17, 15) is 4.79 Å². The topological polar surface area (TPSA) is 29.5 Å². The summed E-state index contributed by atoms with van der Waals surface area (Å²) in [7, 11) is 0. The molecule has 0 amide bonds. The summed E-state index contributed by atoms with van der Waals surface area (Å²) in [5, 5.41) is 0. The van der Waals surface area contributed by atoms with Crippen LogP contribution in [0.1, 0.15) is 37.6 Å². The van der Waals surface area contributed by atoms with Crippen LogP contribution in [-0.4, -0.2) is 31.1 Å². The second kappa shape index (κ2) is 5.53. The van der Waals surface area contributed by atoms with Crippen molar-refractivity contribution in [3.8, 4) is 0 Å². The number of ketones is 1. The van der Waals surface area contributed by atoms with Crippen molar-refractivity contribution in [2.75, 3.05) is 18.1 Å². The van der Waals surface area contributed by atoms with Crippen LogP contribution >= 0.6 is 0 Å². The predicted octanol–water partition coefficient (Wildman–Crippen LogP) is 2.89. The van der Waals surface area contributed by atoms with E-state index in [4.69, 9.17) is 4.74 Å². The van der Waals surface area contributed by atoms with Gasteiger partial charge in [0.15, 0.2) is 5.78 Å². The van der Waals surface area contributed by atoms with E-state index in [1.807, 2.05) is 31.2 Å². The second-order valence-corrected chi connectivity index (χ2v) is 4.94. The lowest BCUT2D eigenvalue weighted by molar-refractivity contribution is 0.0343. The molecule has 0 radical (unpaired) electrons. The number of nitrogens with zero attached hydrogens (tertiary/aromatic N) is 1. The summed E-state index contributed by atoms with van der Waals surface area (Å²) >= 11 is 0. The van der Waals surface area contributed by atoms with Gasteiger partial charge in [0.2, 0.25) is 0 Å². The number of para-hydroxylation sites is 1. The van der Waals surface area contributed by atoms with Gasteiger partial charge in [-0.05, 0) is 26.0 Å². The molecule has 0 spiro atoms. The molecule has 18 heavy (non-hydrogen) atoms. The minimum atomic E-state index is 0.206. The normalized spacial score (nSPS) is 24.1. The minimum absolute atomic E-state index is 0.206. The van der Waals surface area contributed by atoms with Gasteiger partial charge in [-0.3, -0.25) is 4.79 Å². The number of anilines is 1. The van der Waals surface area contributed by atoms with E-state index < -0.39 is 0 Å². The number of benzene rings is 1. The number of carbonyl (C=O) groups is 1. The van der Waals surface area contributed by atoms with Crippen LogP contribution in [0, 0.1) is 0 Å². The molecule has 0 bridgehead atoms. The number of carbonyl (C=O) groups excluding carboxylic acids is 1. The highest BCUT2D eigenvalue weighted by Gasteiger charge is 2.26. The first-order valence-corrected chi connectivity index (χ1v) is 6.64. The van der Waals surface area contributed by atoms with Gasteiger partial charge in [0.05, 0.1) is 12.7 Å². The summed E-state index contributed by atoms with van der Waals surface area (Å²) in [5.41, 5.74) is 1.88. The summed E-state index contributed by atoms with van der Waals surface area (Å²) in [6.45, 7) is 7.68. The van der Waals surface area contributed by atoms with Crippen LogP contribution in [0.5, 0.6) is 0 Å². The maximum atomic E-state index is 12.0. The van der Waals surface area contributed by atoms with Crippen molar-refractivity contribution < 1.29 is 9.53 Å². The Morgan fingerprint density at radius 1 is 1.39 bits per heavy atom. The molecule has 1 saturated heterocycles. The lowest BCUT2D eigenvalue weighted by atomic mass is 10.0. The van der Waals surface area contributed by atoms with Gasteiger partial charge in [-0.15, -0.1) is 0 Å². The Labute approximate surface area is 109 Å². The van der Waals surface area contributed by atoms with Crippen LogP contribution in [0.15, 0.2) is 24.3 Å². The zero-order valence-corrected chi connectivity index (χ0v) is 11.3. The molecule has 2 atom stereocenters. The lowest BCUT2D eigenvalue weighted by Gasteiger charge is -2.39. The molecule has 0 saturated carbocycles. The Morgan fingerprint density at radius 2 is 2.11 bits per heavy atom. The van der Waals surface area contributed by atoms with Crippen molar-refractivity contribution in [2.24, 2.45) is 0 Å². The standard InChI is InChI=1S/C15H21NO2/c1-4-15(17)13-7-5-6-8-14(13)16-9-12(3)18-10-11(16)2/h5-8,11-12H,4,9-10H2,1-3H3. The highest BCUT2D eigenvalue weighted by atomic mass is 16.5. The Bertz CT molecular complexity index is 430. The Kier molecular flexibility index (Phi) is 4.02. The van der Waals surface area contributed by atoms with Crippen LogP contribution in [0.2, 0.25) is 0 Å². The number of hydrogen-bond acceptors (Lipinski definition) is 3. The van der Waals surface area contributed by atoms with E-state index in [0.29, 0.717) is 12.5 Å². The van der Waals surface area contributed by atoms with E-state index in [1.54, 1.807) is 0 Å². The van der Waals surface area contributed by atoms with Crippen molar-refractivity contribution in [1.29, 1.82) is 0 Å². The Balaban J connectivity index is 2.34. The largest absolute Gasteiger partial charge is 0.375 e. The number of hydrogen-bond donors (Lipinski definition) is 0.